The summed E-state index contributed by atoms with van der Waals surface area (Å²) in [5, 5.41) is 0.544. The second kappa shape index (κ2) is 5.82. The fourth-order valence-electron chi connectivity index (χ4n) is 1.20. The maximum absolute atomic E-state index is 5.98. The van der Waals surface area contributed by atoms with Gasteiger partial charge in [-0.1, -0.05) is 23.8 Å². The Labute approximate surface area is 99.5 Å². The molecule has 0 bridgehead atoms. The van der Waals surface area contributed by atoms with E-state index in [2.05, 4.69) is 9.97 Å². The zero-order valence-corrected chi connectivity index (χ0v) is 10.1. The summed E-state index contributed by atoms with van der Waals surface area (Å²) in [6, 6.07) is 0. The minimum absolute atomic E-state index is 0.499. The van der Waals surface area contributed by atoms with Crippen molar-refractivity contribution in [1.82, 2.24) is 9.97 Å². The topological polar surface area (TPSA) is 55.0 Å². The molecule has 0 saturated heterocycles. The Morgan fingerprint density at radius 1 is 1.67 bits per heavy atom. The molecule has 6 heteroatoms. The first kappa shape index (κ1) is 12.1. The van der Waals surface area contributed by atoms with Crippen molar-refractivity contribution in [2.45, 2.75) is 13.3 Å². The lowest BCUT2D eigenvalue weighted by atomic mass is 10.3. The largest absolute Gasteiger partial charge is 0.393 e. The normalized spacial score (nSPS) is 10.0. The van der Waals surface area contributed by atoms with E-state index in [1.165, 1.54) is 6.33 Å². The van der Waals surface area contributed by atoms with Gasteiger partial charge in [0.2, 0.25) is 0 Å². The van der Waals surface area contributed by atoms with E-state index in [4.69, 9.17) is 29.6 Å². The first-order chi connectivity index (χ1) is 7.15. The van der Waals surface area contributed by atoms with E-state index < -0.39 is 0 Å². The number of hydrogen-bond donors (Lipinski definition) is 1. The van der Waals surface area contributed by atoms with Crippen molar-refractivity contribution in [2.24, 2.45) is 5.73 Å². The Hall–Kier alpha value is -0.940. The maximum atomic E-state index is 5.98. The third-order valence-corrected chi connectivity index (χ3v) is 2.43. The van der Waals surface area contributed by atoms with Gasteiger partial charge in [-0.25, -0.2) is 9.97 Å². The third kappa shape index (κ3) is 3.60. The highest BCUT2D eigenvalue weighted by atomic mass is 35.5. The molecule has 0 spiro atoms. The fraction of sp³-hybridized carbons (Fsp3) is 0.444. The van der Waals surface area contributed by atoms with Crippen molar-refractivity contribution in [3.05, 3.63) is 17.5 Å². The summed E-state index contributed by atoms with van der Waals surface area (Å²) in [7, 11) is 0. The molecule has 0 aliphatic heterocycles. The van der Waals surface area contributed by atoms with E-state index in [0.29, 0.717) is 16.4 Å². The Bertz CT molecular complexity index is 345. The highest BCUT2D eigenvalue weighted by molar-refractivity contribution is 7.80. The Balaban J connectivity index is 2.74. The molecule has 1 heterocycles. The SMILES string of the molecule is CCN(CCC(N)=S)c1ncncc1Cl. The van der Waals surface area contributed by atoms with Crippen LogP contribution in [0.4, 0.5) is 5.82 Å². The fourth-order valence-corrected chi connectivity index (χ4v) is 1.51. The van der Waals surface area contributed by atoms with E-state index in [1.807, 2.05) is 11.8 Å². The molecule has 0 aliphatic carbocycles. The van der Waals surface area contributed by atoms with E-state index >= 15 is 0 Å². The molecular formula is C9H13ClN4S. The van der Waals surface area contributed by atoms with Crippen molar-refractivity contribution in [1.29, 1.82) is 0 Å². The highest BCUT2D eigenvalue weighted by Gasteiger charge is 2.09. The van der Waals surface area contributed by atoms with E-state index in [9.17, 15) is 0 Å². The highest BCUT2D eigenvalue weighted by Crippen LogP contribution is 2.20. The van der Waals surface area contributed by atoms with Gasteiger partial charge in [-0.05, 0) is 6.92 Å². The van der Waals surface area contributed by atoms with Crippen LogP contribution >= 0.6 is 23.8 Å². The number of rotatable bonds is 5. The average molecular weight is 245 g/mol. The molecule has 15 heavy (non-hydrogen) atoms. The van der Waals surface area contributed by atoms with Crippen LogP contribution in [0.3, 0.4) is 0 Å². The third-order valence-electron chi connectivity index (χ3n) is 1.96. The van der Waals surface area contributed by atoms with E-state index in [0.717, 1.165) is 18.9 Å². The summed E-state index contributed by atoms with van der Waals surface area (Å²) in [6.45, 7) is 3.56. The van der Waals surface area contributed by atoms with Crippen molar-refractivity contribution in [3.8, 4) is 0 Å². The zero-order chi connectivity index (χ0) is 11.3. The molecule has 0 fully saturated rings. The molecule has 0 radical (unpaired) electrons. The van der Waals surface area contributed by atoms with Crippen LogP contribution in [0.25, 0.3) is 0 Å². The van der Waals surface area contributed by atoms with Crippen LogP contribution in [-0.4, -0.2) is 28.0 Å². The van der Waals surface area contributed by atoms with Crippen molar-refractivity contribution >= 4 is 34.6 Å². The predicted molar refractivity (Wildman–Crippen MR) is 66.3 cm³/mol. The van der Waals surface area contributed by atoms with Crippen LogP contribution in [0.15, 0.2) is 12.5 Å². The van der Waals surface area contributed by atoms with Crippen LogP contribution in [-0.2, 0) is 0 Å². The van der Waals surface area contributed by atoms with Gasteiger partial charge in [0.25, 0.3) is 0 Å². The molecule has 0 aromatic carbocycles. The van der Waals surface area contributed by atoms with Crippen molar-refractivity contribution < 1.29 is 0 Å². The summed E-state index contributed by atoms with van der Waals surface area (Å²) in [5.41, 5.74) is 5.45. The quantitative estimate of drug-likeness (QED) is 0.798. The molecule has 0 aliphatic rings. The number of aromatic nitrogens is 2. The molecule has 0 amide bonds. The van der Waals surface area contributed by atoms with Crippen LogP contribution in [0, 0.1) is 0 Å². The van der Waals surface area contributed by atoms with E-state index in [-0.39, 0.29) is 0 Å². The van der Waals surface area contributed by atoms with Crippen LogP contribution in [0.2, 0.25) is 5.02 Å². The maximum Gasteiger partial charge on any atom is 0.150 e. The summed E-state index contributed by atoms with van der Waals surface area (Å²) in [6.07, 6.45) is 3.71. The molecule has 82 valence electrons. The number of halogens is 1. The monoisotopic (exact) mass is 244 g/mol. The molecule has 0 saturated carbocycles. The second-order valence-corrected chi connectivity index (χ2v) is 3.92. The second-order valence-electron chi connectivity index (χ2n) is 2.99. The van der Waals surface area contributed by atoms with Gasteiger partial charge in [-0.15, -0.1) is 0 Å². The molecule has 0 unspecified atom stereocenters. The smallest absolute Gasteiger partial charge is 0.150 e. The lowest BCUT2D eigenvalue weighted by molar-refractivity contribution is 0.816. The summed E-state index contributed by atoms with van der Waals surface area (Å²) >= 11 is 10.8. The van der Waals surface area contributed by atoms with Gasteiger partial charge in [0, 0.05) is 19.5 Å². The number of nitrogens with two attached hydrogens (primary N) is 1. The van der Waals surface area contributed by atoms with Gasteiger partial charge < -0.3 is 10.6 Å². The lowest BCUT2D eigenvalue weighted by Crippen LogP contribution is -2.28. The minimum Gasteiger partial charge on any atom is -0.393 e. The summed E-state index contributed by atoms with van der Waals surface area (Å²) < 4.78 is 0. The van der Waals surface area contributed by atoms with Crippen molar-refractivity contribution in [3.63, 3.8) is 0 Å². The van der Waals surface area contributed by atoms with Crippen LogP contribution in [0.5, 0.6) is 0 Å². The van der Waals surface area contributed by atoms with Gasteiger partial charge in [0.15, 0.2) is 5.82 Å². The number of hydrogen-bond acceptors (Lipinski definition) is 4. The van der Waals surface area contributed by atoms with Gasteiger partial charge in [0.1, 0.15) is 11.3 Å². The molecule has 4 nitrogen and oxygen atoms in total. The van der Waals surface area contributed by atoms with Crippen LogP contribution < -0.4 is 10.6 Å². The molecule has 2 N–H and O–H groups in total. The first-order valence-electron chi connectivity index (χ1n) is 4.64. The molecule has 1 rings (SSSR count). The molecule has 1 aromatic rings. The number of nitrogens with zero attached hydrogens (tertiary/aromatic N) is 3. The van der Waals surface area contributed by atoms with Gasteiger partial charge in [-0.2, -0.15) is 0 Å². The Kier molecular flexibility index (Phi) is 4.71. The van der Waals surface area contributed by atoms with Crippen LogP contribution in [0.1, 0.15) is 13.3 Å². The van der Waals surface area contributed by atoms with Gasteiger partial charge in [0.05, 0.1) is 11.2 Å². The predicted octanol–water partition coefficient (Wildman–Crippen LogP) is 1.63. The number of thiocarbonyl (C=S) groups is 1. The lowest BCUT2D eigenvalue weighted by Gasteiger charge is -2.22. The average Bonchev–Trinajstić information content (AvgIpc) is 2.21. The minimum atomic E-state index is 0.499. The van der Waals surface area contributed by atoms with Gasteiger partial charge >= 0.3 is 0 Å². The molecule has 1 aromatic heterocycles. The van der Waals surface area contributed by atoms with E-state index in [1.54, 1.807) is 6.20 Å². The Morgan fingerprint density at radius 3 is 2.93 bits per heavy atom. The zero-order valence-electron chi connectivity index (χ0n) is 8.48. The summed E-state index contributed by atoms with van der Waals surface area (Å²) in [5.74, 6) is 0.727. The molecular weight excluding hydrogens is 232 g/mol. The molecule has 0 atom stereocenters. The standard InChI is InChI=1S/C9H13ClN4S/c1-2-14(4-3-8(11)15)9-7(10)5-12-6-13-9/h5-6H,2-4H2,1H3,(H2,11,15). The summed E-state index contributed by atoms with van der Waals surface area (Å²) in [4.78, 5) is 10.5. The first-order valence-corrected chi connectivity index (χ1v) is 5.42. The number of anilines is 1. The van der Waals surface area contributed by atoms with Crippen molar-refractivity contribution in [2.75, 3.05) is 18.0 Å². The Morgan fingerprint density at radius 2 is 2.40 bits per heavy atom. The van der Waals surface area contributed by atoms with Gasteiger partial charge in [-0.3, -0.25) is 0 Å².